The van der Waals surface area contributed by atoms with Gasteiger partial charge in [-0.25, -0.2) is 0 Å². The van der Waals surface area contributed by atoms with Gasteiger partial charge in [-0.05, 0) is 56.7 Å². The minimum Gasteiger partial charge on any atom is -0.330 e. The quantitative estimate of drug-likeness (QED) is 0.587. The first kappa shape index (κ1) is 21.6. The average molecular weight is 391 g/mol. The number of hydrogen-bond donors (Lipinski definition) is 1. The van der Waals surface area contributed by atoms with E-state index in [1.54, 1.807) is 6.20 Å². The van der Waals surface area contributed by atoms with Gasteiger partial charge < -0.3 is 15.5 Å². The van der Waals surface area contributed by atoms with Crippen molar-refractivity contribution in [3.05, 3.63) is 35.5 Å². The maximum Gasteiger partial charge on any atom is 0.228 e. The van der Waals surface area contributed by atoms with Crippen molar-refractivity contribution >= 4 is 34.1 Å². The summed E-state index contributed by atoms with van der Waals surface area (Å²) < 4.78 is 0. The topological polar surface area (TPSA) is 62.5 Å². The summed E-state index contributed by atoms with van der Waals surface area (Å²) in [7, 11) is 0. The van der Waals surface area contributed by atoms with E-state index in [4.69, 9.17) is 17.3 Å². The third-order valence-electron chi connectivity index (χ3n) is 4.90. The van der Waals surface area contributed by atoms with E-state index in [0.717, 1.165) is 55.5 Å². The maximum atomic E-state index is 13.1. The largest absolute Gasteiger partial charge is 0.330 e. The van der Waals surface area contributed by atoms with Gasteiger partial charge in [0.1, 0.15) is 0 Å². The van der Waals surface area contributed by atoms with Crippen molar-refractivity contribution in [3.8, 4) is 0 Å². The molecule has 27 heavy (non-hydrogen) atoms. The third kappa shape index (κ3) is 6.16. The summed E-state index contributed by atoms with van der Waals surface area (Å²) in [6, 6.07) is 7.56. The third-order valence-corrected chi connectivity index (χ3v) is 5.13. The zero-order chi connectivity index (χ0) is 19.6. The number of benzene rings is 1. The van der Waals surface area contributed by atoms with Crippen LogP contribution in [0.25, 0.3) is 10.9 Å². The highest BCUT2D eigenvalue weighted by atomic mass is 35.5. The van der Waals surface area contributed by atoms with E-state index in [1.807, 2.05) is 29.2 Å². The molecule has 0 aliphatic rings. The van der Waals surface area contributed by atoms with E-state index in [9.17, 15) is 4.79 Å². The van der Waals surface area contributed by atoms with Gasteiger partial charge in [0, 0.05) is 36.1 Å². The Bertz CT molecular complexity index is 733. The molecule has 6 heteroatoms. The molecule has 1 amide bonds. The van der Waals surface area contributed by atoms with Gasteiger partial charge in [-0.1, -0.05) is 31.9 Å². The van der Waals surface area contributed by atoms with Gasteiger partial charge in [-0.15, -0.1) is 0 Å². The zero-order valence-electron chi connectivity index (χ0n) is 16.5. The Morgan fingerprint density at radius 1 is 1.11 bits per heavy atom. The molecule has 0 saturated carbocycles. The van der Waals surface area contributed by atoms with Crippen molar-refractivity contribution in [2.45, 2.75) is 39.5 Å². The highest BCUT2D eigenvalue weighted by molar-refractivity contribution is 6.31. The summed E-state index contributed by atoms with van der Waals surface area (Å²) in [5, 5.41) is 1.60. The molecule has 0 saturated heterocycles. The van der Waals surface area contributed by atoms with Crippen LogP contribution in [0.2, 0.25) is 5.02 Å². The smallest absolute Gasteiger partial charge is 0.228 e. The molecule has 0 fully saturated rings. The van der Waals surface area contributed by atoms with Gasteiger partial charge >= 0.3 is 0 Å². The lowest BCUT2D eigenvalue weighted by Crippen LogP contribution is -2.35. The number of halogens is 1. The molecular weight excluding hydrogens is 360 g/mol. The number of nitrogens with zero attached hydrogens (tertiary/aromatic N) is 3. The van der Waals surface area contributed by atoms with Gasteiger partial charge in [-0.2, -0.15) is 0 Å². The Morgan fingerprint density at radius 3 is 2.59 bits per heavy atom. The number of rotatable bonds is 11. The van der Waals surface area contributed by atoms with Crippen molar-refractivity contribution < 1.29 is 4.79 Å². The molecule has 1 aromatic carbocycles. The molecule has 0 aliphatic heterocycles. The van der Waals surface area contributed by atoms with Crippen LogP contribution >= 0.6 is 11.6 Å². The number of carbonyl (C=O) groups is 1. The molecule has 1 heterocycles. The van der Waals surface area contributed by atoms with Gasteiger partial charge in [0.15, 0.2) is 0 Å². The molecule has 2 aromatic rings. The minimum absolute atomic E-state index is 0.150. The zero-order valence-corrected chi connectivity index (χ0v) is 17.2. The molecule has 0 atom stereocenters. The van der Waals surface area contributed by atoms with Crippen LogP contribution in [0.1, 0.15) is 39.5 Å². The minimum atomic E-state index is 0.150. The lowest BCUT2D eigenvalue weighted by molar-refractivity contribution is -0.118. The number of anilines is 1. The highest BCUT2D eigenvalue weighted by Crippen LogP contribution is 2.28. The van der Waals surface area contributed by atoms with Crippen molar-refractivity contribution in [1.29, 1.82) is 0 Å². The predicted molar refractivity (Wildman–Crippen MR) is 114 cm³/mol. The number of hydrogen-bond acceptors (Lipinski definition) is 4. The number of fused-ring (bicyclic) bond motifs is 1. The van der Waals surface area contributed by atoms with Crippen molar-refractivity contribution in [2.75, 3.05) is 37.6 Å². The average Bonchev–Trinajstić information content (AvgIpc) is 2.68. The number of nitrogens with two attached hydrogens (primary N) is 1. The summed E-state index contributed by atoms with van der Waals surface area (Å²) >= 11 is 6.11. The van der Waals surface area contributed by atoms with Crippen LogP contribution in [-0.2, 0) is 4.79 Å². The van der Waals surface area contributed by atoms with E-state index in [1.165, 1.54) is 0 Å². The Labute approximate surface area is 167 Å². The summed E-state index contributed by atoms with van der Waals surface area (Å²) in [5.41, 5.74) is 7.33. The molecule has 1 aromatic heterocycles. The van der Waals surface area contributed by atoms with Crippen LogP contribution in [-0.4, -0.2) is 48.5 Å². The van der Waals surface area contributed by atoms with Gasteiger partial charge in [-0.3, -0.25) is 9.78 Å². The van der Waals surface area contributed by atoms with Crippen LogP contribution in [0.15, 0.2) is 30.5 Å². The van der Waals surface area contributed by atoms with Crippen LogP contribution in [0.3, 0.4) is 0 Å². The van der Waals surface area contributed by atoms with E-state index in [-0.39, 0.29) is 5.91 Å². The fourth-order valence-electron chi connectivity index (χ4n) is 3.24. The summed E-state index contributed by atoms with van der Waals surface area (Å²) in [6.45, 7) is 8.32. The molecule has 2 N–H and O–H groups in total. The molecule has 0 spiro atoms. The van der Waals surface area contributed by atoms with E-state index >= 15 is 0 Å². The molecule has 148 valence electrons. The van der Waals surface area contributed by atoms with Crippen LogP contribution in [0, 0.1) is 0 Å². The molecule has 0 unspecified atom stereocenters. The molecule has 0 radical (unpaired) electrons. The first-order chi connectivity index (χ1) is 13.1. The Kier molecular flexibility index (Phi) is 8.98. The molecule has 5 nitrogen and oxygen atoms in total. The highest BCUT2D eigenvalue weighted by Gasteiger charge is 2.18. The van der Waals surface area contributed by atoms with Crippen LogP contribution in [0.5, 0.6) is 0 Å². The molecule has 0 aliphatic carbocycles. The standard InChI is InChI=1S/C21H31ClN4O/c1-3-25(4-2)15-11-21(27)26(14-7-5-6-12-23)20-10-13-24-19-16-17(22)8-9-18(19)20/h8-10,13,16H,3-7,11-12,14-15,23H2,1-2H3. The fourth-order valence-corrected chi connectivity index (χ4v) is 3.41. The van der Waals surface area contributed by atoms with Crippen molar-refractivity contribution in [3.63, 3.8) is 0 Å². The maximum absolute atomic E-state index is 13.1. The second-order valence-corrected chi connectivity index (χ2v) is 7.10. The number of unbranched alkanes of at least 4 members (excludes halogenated alkanes) is 2. The lowest BCUT2D eigenvalue weighted by Gasteiger charge is -2.26. The predicted octanol–water partition coefficient (Wildman–Crippen LogP) is 4.08. The molecular formula is C21H31ClN4O. The second kappa shape index (κ2) is 11.2. The first-order valence-electron chi connectivity index (χ1n) is 9.87. The Hall–Kier alpha value is -1.69. The fraction of sp³-hybridized carbons (Fsp3) is 0.524. The van der Waals surface area contributed by atoms with Crippen molar-refractivity contribution in [1.82, 2.24) is 9.88 Å². The van der Waals surface area contributed by atoms with Crippen LogP contribution in [0.4, 0.5) is 5.69 Å². The normalized spacial score (nSPS) is 11.3. The van der Waals surface area contributed by atoms with Crippen molar-refractivity contribution in [2.24, 2.45) is 5.73 Å². The van der Waals surface area contributed by atoms with Gasteiger partial charge in [0.2, 0.25) is 5.91 Å². The second-order valence-electron chi connectivity index (χ2n) is 6.66. The van der Waals surface area contributed by atoms with E-state index in [2.05, 4.69) is 23.7 Å². The summed E-state index contributed by atoms with van der Waals surface area (Å²) in [5.74, 6) is 0.150. The number of amides is 1. The van der Waals surface area contributed by atoms with E-state index < -0.39 is 0 Å². The lowest BCUT2D eigenvalue weighted by atomic mass is 10.1. The molecule has 2 rings (SSSR count). The Balaban J connectivity index is 2.25. The number of pyridine rings is 1. The van der Waals surface area contributed by atoms with E-state index in [0.29, 0.717) is 24.5 Å². The monoisotopic (exact) mass is 390 g/mol. The Morgan fingerprint density at radius 2 is 1.89 bits per heavy atom. The van der Waals surface area contributed by atoms with Gasteiger partial charge in [0.25, 0.3) is 0 Å². The summed E-state index contributed by atoms with van der Waals surface area (Å²) in [4.78, 5) is 21.7. The SMILES string of the molecule is CCN(CC)CCC(=O)N(CCCCCN)c1ccnc2cc(Cl)ccc12. The first-order valence-corrected chi connectivity index (χ1v) is 10.3. The molecule has 0 bridgehead atoms. The summed E-state index contributed by atoms with van der Waals surface area (Å²) in [6.07, 6.45) is 5.19. The van der Waals surface area contributed by atoms with Crippen LogP contribution < -0.4 is 10.6 Å². The van der Waals surface area contributed by atoms with Gasteiger partial charge in [0.05, 0.1) is 11.2 Å². The number of carbonyl (C=O) groups excluding carboxylic acids is 1. The number of aromatic nitrogens is 1.